The van der Waals surface area contributed by atoms with Crippen molar-refractivity contribution in [1.29, 1.82) is 0 Å². The molecule has 1 amide bonds. The minimum atomic E-state index is -0.459. The monoisotopic (exact) mass is 227 g/mol. The van der Waals surface area contributed by atoms with E-state index in [0.717, 1.165) is 6.42 Å². The molecule has 0 aliphatic heterocycles. The number of rotatable bonds is 4. The second kappa shape index (κ2) is 4.38. The summed E-state index contributed by atoms with van der Waals surface area (Å²) in [4.78, 5) is 11.9. The fraction of sp³-hybridized carbons (Fsp3) is 0.929. The van der Waals surface area contributed by atoms with Crippen molar-refractivity contribution in [3.8, 4) is 0 Å². The van der Waals surface area contributed by atoms with Gasteiger partial charge < -0.3 is 5.73 Å². The lowest BCUT2D eigenvalue weighted by Gasteiger charge is -2.47. The fourth-order valence-electron chi connectivity index (χ4n) is 2.33. The van der Waals surface area contributed by atoms with Crippen LogP contribution < -0.4 is 5.73 Å². The molecule has 2 N–H and O–H groups in total. The predicted molar refractivity (Wildman–Crippen MR) is 70.0 cm³/mol. The van der Waals surface area contributed by atoms with Crippen LogP contribution in [0.1, 0.15) is 61.8 Å². The largest absolute Gasteiger partial charge is 0.369 e. The first kappa shape index (κ1) is 15.5. The first-order valence-electron chi connectivity index (χ1n) is 6.14. The molecule has 1 unspecified atom stereocenters. The molecular formula is C14H29NO. The number of nitrogens with two attached hydrogens (primary N) is 1. The van der Waals surface area contributed by atoms with Crippen molar-refractivity contribution in [3.63, 3.8) is 0 Å². The van der Waals surface area contributed by atoms with Crippen LogP contribution in [-0.4, -0.2) is 5.91 Å². The molecule has 0 aliphatic rings. The summed E-state index contributed by atoms with van der Waals surface area (Å²) in [6, 6.07) is 0. The van der Waals surface area contributed by atoms with Gasteiger partial charge >= 0.3 is 0 Å². The van der Waals surface area contributed by atoms with Crippen molar-refractivity contribution in [1.82, 2.24) is 0 Å². The van der Waals surface area contributed by atoms with Crippen LogP contribution in [0.4, 0.5) is 0 Å². The summed E-state index contributed by atoms with van der Waals surface area (Å²) in [5, 5.41) is 0. The molecule has 0 saturated carbocycles. The van der Waals surface area contributed by atoms with Gasteiger partial charge in [-0.25, -0.2) is 0 Å². The third-order valence-electron chi connectivity index (χ3n) is 4.29. The maximum absolute atomic E-state index is 11.9. The van der Waals surface area contributed by atoms with E-state index in [-0.39, 0.29) is 16.7 Å². The molecule has 16 heavy (non-hydrogen) atoms. The molecule has 0 rings (SSSR count). The molecule has 0 fully saturated rings. The molecule has 0 aromatic heterocycles. The van der Waals surface area contributed by atoms with Gasteiger partial charge in [-0.3, -0.25) is 4.79 Å². The van der Waals surface area contributed by atoms with Gasteiger partial charge in [0.05, 0.1) is 5.41 Å². The molecule has 0 aliphatic carbocycles. The van der Waals surface area contributed by atoms with Crippen molar-refractivity contribution in [2.75, 3.05) is 0 Å². The summed E-state index contributed by atoms with van der Waals surface area (Å²) in [7, 11) is 0. The molecule has 0 saturated heterocycles. The second-order valence-electron chi connectivity index (χ2n) is 7.31. The van der Waals surface area contributed by atoms with E-state index in [1.54, 1.807) is 0 Å². The normalized spacial score (nSPS) is 17.3. The quantitative estimate of drug-likeness (QED) is 0.783. The van der Waals surface area contributed by atoms with Gasteiger partial charge in [-0.2, -0.15) is 0 Å². The topological polar surface area (TPSA) is 43.1 Å². The predicted octanol–water partition coefficient (Wildman–Crippen LogP) is 3.60. The Balaban J connectivity index is 5.37. The Hall–Kier alpha value is -0.530. The van der Waals surface area contributed by atoms with E-state index in [1.807, 2.05) is 6.92 Å². The Morgan fingerprint density at radius 3 is 1.62 bits per heavy atom. The summed E-state index contributed by atoms with van der Waals surface area (Å²) in [5.41, 5.74) is 5.22. The molecule has 2 heteroatoms. The third kappa shape index (κ3) is 2.99. The van der Waals surface area contributed by atoms with Gasteiger partial charge in [-0.15, -0.1) is 0 Å². The van der Waals surface area contributed by atoms with Gasteiger partial charge in [-0.1, -0.05) is 55.4 Å². The number of hydrogen-bond donors (Lipinski definition) is 1. The third-order valence-corrected chi connectivity index (χ3v) is 4.29. The number of primary amides is 1. The van der Waals surface area contributed by atoms with Crippen LogP contribution in [0, 0.1) is 22.2 Å². The van der Waals surface area contributed by atoms with Crippen molar-refractivity contribution < 1.29 is 4.79 Å². The van der Waals surface area contributed by atoms with E-state index < -0.39 is 5.41 Å². The molecule has 2 nitrogen and oxygen atoms in total. The van der Waals surface area contributed by atoms with E-state index >= 15 is 0 Å². The molecule has 0 radical (unpaired) electrons. The van der Waals surface area contributed by atoms with Crippen LogP contribution in [-0.2, 0) is 4.79 Å². The van der Waals surface area contributed by atoms with E-state index in [2.05, 4.69) is 48.5 Å². The van der Waals surface area contributed by atoms with Gasteiger partial charge in [-0.05, 0) is 23.2 Å². The first-order chi connectivity index (χ1) is 6.84. The highest BCUT2D eigenvalue weighted by Crippen LogP contribution is 2.50. The van der Waals surface area contributed by atoms with Crippen molar-refractivity contribution >= 4 is 5.91 Å². The van der Waals surface area contributed by atoms with Gasteiger partial charge in [0.25, 0.3) is 0 Å². The summed E-state index contributed by atoms with van der Waals surface area (Å²) in [6.45, 7) is 17.1. The first-order valence-corrected chi connectivity index (χ1v) is 6.14. The number of amides is 1. The zero-order chi connectivity index (χ0) is 13.4. The van der Waals surface area contributed by atoms with Crippen molar-refractivity contribution in [3.05, 3.63) is 0 Å². The molecule has 0 aromatic rings. The average Bonchev–Trinajstić information content (AvgIpc) is 1.99. The fourth-order valence-corrected chi connectivity index (χ4v) is 2.33. The van der Waals surface area contributed by atoms with E-state index in [0.29, 0.717) is 5.92 Å². The van der Waals surface area contributed by atoms with Crippen molar-refractivity contribution in [2.24, 2.45) is 27.9 Å². The summed E-state index contributed by atoms with van der Waals surface area (Å²) in [6.07, 6.45) is 0.820. The van der Waals surface area contributed by atoms with Crippen LogP contribution in [0.3, 0.4) is 0 Å². The average molecular weight is 227 g/mol. The van der Waals surface area contributed by atoms with Crippen LogP contribution in [0.5, 0.6) is 0 Å². The lowest BCUT2D eigenvalue weighted by Crippen LogP contribution is -2.50. The Morgan fingerprint density at radius 2 is 1.44 bits per heavy atom. The molecule has 96 valence electrons. The number of carbonyl (C=O) groups is 1. The molecule has 0 aromatic carbocycles. The van der Waals surface area contributed by atoms with Gasteiger partial charge in [0.1, 0.15) is 0 Å². The Bertz CT molecular complexity index is 260. The zero-order valence-corrected chi connectivity index (χ0v) is 12.3. The summed E-state index contributed by atoms with van der Waals surface area (Å²) >= 11 is 0. The summed E-state index contributed by atoms with van der Waals surface area (Å²) in [5.74, 6) is 0.244. The molecule has 1 atom stereocenters. The van der Waals surface area contributed by atoms with Gasteiger partial charge in [0, 0.05) is 0 Å². The van der Waals surface area contributed by atoms with E-state index in [9.17, 15) is 4.79 Å². The van der Waals surface area contributed by atoms with Gasteiger partial charge in [0.15, 0.2) is 0 Å². The SMILES string of the molecule is CC(C)C(C)(C)C(C)(CC(C)(C)C)C(N)=O. The van der Waals surface area contributed by atoms with Crippen LogP contribution in [0.2, 0.25) is 0 Å². The van der Waals surface area contributed by atoms with E-state index in [1.165, 1.54) is 0 Å². The molecule has 0 bridgehead atoms. The highest BCUT2D eigenvalue weighted by Gasteiger charge is 2.49. The second-order valence-corrected chi connectivity index (χ2v) is 7.31. The lowest BCUT2D eigenvalue weighted by atomic mass is 9.56. The highest BCUT2D eigenvalue weighted by atomic mass is 16.1. The molecule has 0 spiro atoms. The Morgan fingerprint density at radius 1 is 1.06 bits per heavy atom. The Labute approximate surface area is 101 Å². The smallest absolute Gasteiger partial charge is 0.223 e. The minimum absolute atomic E-state index is 0.0912. The van der Waals surface area contributed by atoms with E-state index in [4.69, 9.17) is 5.73 Å². The number of hydrogen-bond acceptors (Lipinski definition) is 1. The van der Waals surface area contributed by atoms with Gasteiger partial charge in [0.2, 0.25) is 5.91 Å². The molecule has 0 heterocycles. The summed E-state index contributed by atoms with van der Waals surface area (Å²) < 4.78 is 0. The lowest BCUT2D eigenvalue weighted by molar-refractivity contribution is -0.138. The van der Waals surface area contributed by atoms with Crippen LogP contribution >= 0.6 is 0 Å². The van der Waals surface area contributed by atoms with Crippen LogP contribution in [0.25, 0.3) is 0 Å². The number of carbonyl (C=O) groups excluding carboxylic acids is 1. The minimum Gasteiger partial charge on any atom is -0.369 e. The maximum atomic E-state index is 11.9. The highest BCUT2D eigenvalue weighted by molar-refractivity contribution is 5.81. The molecular weight excluding hydrogens is 198 g/mol. The maximum Gasteiger partial charge on any atom is 0.223 e. The van der Waals surface area contributed by atoms with Crippen LogP contribution in [0.15, 0.2) is 0 Å². The standard InChI is InChI=1S/C14H29NO/c1-10(2)13(6,7)14(8,11(15)16)9-12(3,4)5/h10H,9H2,1-8H3,(H2,15,16). The Kier molecular flexibility index (Phi) is 4.24. The zero-order valence-electron chi connectivity index (χ0n) is 12.3. The van der Waals surface area contributed by atoms with Crippen molar-refractivity contribution in [2.45, 2.75) is 61.8 Å².